The number of allylic oxidation sites excluding steroid dienone is 4. The highest BCUT2D eigenvalue weighted by Gasteiger charge is 2.59. The molecule has 2 bridgehead atoms. The number of nitrogens with one attached hydrogen (secondary N) is 4. The first-order valence-electron chi connectivity index (χ1n) is 27.2. The summed E-state index contributed by atoms with van der Waals surface area (Å²) in [5.74, 6) is 3.46. The van der Waals surface area contributed by atoms with E-state index in [1.165, 1.54) is 42.1 Å². The number of H-pyrrole nitrogens is 2. The van der Waals surface area contributed by atoms with Crippen LogP contribution in [-0.2, 0) is 31.9 Å². The van der Waals surface area contributed by atoms with E-state index in [0.717, 1.165) is 122 Å². The van der Waals surface area contributed by atoms with Gasteiger partial charge in [-0.15, -0.1) is 0 Å². The average Bonchev–Trinajstić information content (AvgIpc) is 4.21. The molecule has 4 amide bonds. The monoisotopic (exact) mass is 987 g/mol. The second kappa shape index (κ2) is 18.8. The number of amides is 4. The van der Waals surface area contributed by atoms with Gasteiger partial charge in [-0.3, -0.25) is 9.59 Å². The first-order valence-corrected chi connectivity index (χ1v) is 27.2. The Morgan fingerprint density at radius 1 is 0.671 bits per heavy atom. The summed E-state index contributed by atoms with van der Waals surface area (Å²) in [5.41, 5.74) is 12.4. The lowest BCUT2D eigenvalue weighted by Gasteiger charge is -2.49. The Bertz CT molecular complexity index is 3080. The highest BCUT2D eigenvalue weighted by molar-refractivity contribution is 5.90. The number of imidazole rings is 2. The Labute approximate surface area is 427 Å². The third-order valence-corrected chi connectivity index (χ3v) is 19.0. The van der Waals surface area contributed by atoms with E-state index in [1.54, 1.807) is 0 Å². The van der Waals surface area contributed by atoms with Crippen molar-refractivity contribution >= 4 is 51.6 Å². The number of piperidine rings is 2. The Hall–Kier alpha value is -6.44. The molecule has 8 aliphatic rings. The number of hydrogen-bond acceptors (Lipinski definition) is 8. The topological polar surface area (TPSA) is 175 Å². The number of aromatic nitrogens is 4. The highest BCUT2D eigenvalue weighted by Crippen LogP contribution is 2.55. The molecule has 73 heavy (non-hydrogen) atoms. The molecular formula is C59H70N8O6. The SMILES string of the molecule is COC(=O)N[C@H]1C(=O)N2[C@H](c3nc4ccc(/C(C)=C5/C=C\[C@H](C)CCc6ccc(cc6-c6ccc7nc([C@@H]8C[C@@H]9CCCC%10C(C)[C@@H](NC(=O)OC)C(=O)N8[C@@H]%109)[nH]c7c6)CC5)cc4[nH]3)C[C@@H]3CCCC(C1C)[C@@H]32. The smallest absolute Gasteiger partial charge is 0.407 e. The fourth-order valence-corrected chi connectivity index (χ4v) is 15.1. The van der Waals surface area contributed by atoms with Crippen LogP contribution in [0.4, 0.5) is 9.59 Å². The van der Waals surface area contributed by atoms with E-state index in [4.69, 9.17) is 19.4 Å². The third-order valence-electron chi connectivity index (χ3n) is 19.0. The summed E-state index contributed by atoms with van der Waals surface area (Å²) in [6, 6.07) is 18.8. The van der Waals surface area contributed by atoms with Gasteiger partial charge in [0.1, 0.15) is 23.7 Å². The lowest BCUT2D eigenvalue weighted by atomic mass is 9.68. The second-order valence-corrected chi connectivity index (χ2v) is 22.9. The van der Waals surface area contributed by atoms with Crippen molar-refractivity contribution in [3.8, 4) is 11.1 Å². The molecule has 382 valence electrons. The summed E-state index contributed by atoms with van der Waals surface area (Å²) >= 11 is 0. The van der Waals surface area contributed by atoms with Gasteiger partial charge in [-0.05, 0) is 176 Å². The number of carbonyl (C=O) groups excluding carboxylic acids is 4. The summed E-state index contributed by atoms with van der Waals surface area (Å²) in [5, 5.41) is 5.77. The first kappa shape index (κ1) is 47.6. The van der Waals surface area contributed by atoms with Gasteiger partial charge in [0, 0.05) is 12.1 Å². The second-order valence-electron chi connectivity index (χ2n) is 22.9. The zero-order valence-corrected chi connectivity index (χ0v) is 43.1. The molecule has 4 aliphatic carbocycles. The fourth-order valence-electron chi connectivity index (χ4n) is 15.1. The quantitative estimate of drug-likeness (QED) is 0.130. The molecule has 14 nitrogen and oxygen atoms in total. The molecule has 14 heteroatoms. The first-order chi connectivity index (χ1) is 35.4. The van der Waals surface area contributed by atoms with E-state index in [-0.39, 0.29) is 47.8 Å². The van der Waals surface area contributed by atoms with Crippen LogP contribution in [0.3, 0.4) is 0 Å². The molecule has 3 aromatic carbocycles. The van der Waals surface area contributed by atoms with E-state index < -0.39 is 24.3 Å². The largest absolute Gasteiger partial charge is 0.453 e. The van der Waals surface area contributed by atoms with Crippen molar-refractivity contribution in [1.29, 1.82) is 0 Å². The molecule has 4 N–H and O–H groups in total. The van der Waals surface area contributed by atoms with Gasteiger partial charge in [-0.25, -0.2) is 19.6 Å². The lowest BCUT2D eigenvalue weighted by molar-refractivity contribution is -0.148. The number of alkyl carbamates (subject to hydrolysis) is 2. The molecule has 13 rings (SSSR count). The van der Waals surface area contributed by atoms with Crippen LogP contribution in [-0.4, -0.2) is 92.1 Å². The van der Waals surface area contributed by atoms with Gasteiger partial charge in [0.05, 0.1) is 48.4 Å². The van der Waals surface area contributed by atoms with Gasteiger partial charge >= 0.3 is 12.2 Å². The molecular weight excluding hydrogens is 917 g/mol. The molecule has 4 aliphatic heterocycles. The summed E-state index contributed by atoms with van der Waals surface area (Å²) in [6.45, 7) is 8.77. The number of carbonyl (C=O) groups is 4. The number of rotatable bonds is 6. The maximum atomic E-state index is 14.3. The van der Waals surface area contributed by atoms with Crippen molar-refractivity contribution in [2.45, 2.75) is 141 Å². The predicted octanol–water partition coefficient (Wildman–Crippen LogP) is 10.5. The molecule has 5 aromatic rings. The number of fused-ring (bicyclic) bond motifs is 10. The Kier molecular flexibility index (Phi) is 12.2. The zero-order valence-electron chi connectivity index (χ0n) is 43.1. The lowest BCUT2D eigenvalue weighted by Crippen LogP contribution is -2.63. The van der Waals surface area contributed by atoms with Crippen molar-refractivity contribution < 1.29 is 28.7 Å². The molecule has 13 atom stereocenters. The van der Waals surface area contributed by atoms with Crippen LogP contribution in [0.2, 0.25) is 0 Å². The number of hydrogen-bond donors (Lipinski definition) is 4. The number of ether oxygens (including phenoxy) is 2. The number of aryl methyl sites for hydroxylation is 2. The predicted molar refractivity (Wildman–Crippen MR) is 280 cm³/mol. The van der Waals surface area contributed by atoms with Crippen molar-refractivity contribution in [3.05, 3.63) is 101 Å². The van der Waals surface area contributed by atoms with Crippen LogP contribution in [0, 0.1) is 41.4 Å². The summed E-state index contributed by atoms with van der Waals surface area (Å²) in [7, 11) is 2.69. The molecule has 6 fully saturated rings. The van der Waals surface area contributed by atoms with Gasteiger partial charge in [-0.1, -0.05) is 76.1 Å². The van der Waals surface area contributed by atoms with Crippen molar-refractivity contribution in [2.24, 2.45) is 41.4 Å². The van der Waals surface area contributed by atoms with E-state index >= 15 is 0 Å². The van der Waals surface area contributed by atoms with Gasteiger partial charge in [0.15, 0.2) is 0 Å². The number of methoxy groups -OCH3 is 2. The van der Waals surface area contributed by atoms with Crippen LogP contribution in [0.25, 0.3) is 38.8 Å². The molecule has 2 saturated carbocycles. The average molecular weight is 987 g/mol. The van der Waals surface area contributed by atoms with Crippen LogP contribution in [0.1, 0.15) is 132 Å². The summed E-state index contributed by atoms with van der Waals surface area (Å²) in [6.07, 6.45) is 15.6. The Balaban J connectivity index is 0.803. The van der Waals surface area contributed by atoms with E-state index in [0.29, 0.717) is 29.6 Å². The minimum absolute atomic E-state index is 0.0320. The standard InChI is InChI=1S/C59H70N8O6/c1-30-13-17-35(31(2)37-21-23-44-46(26-37)62-54(60-44)48-28-39-9-7-11-41-32(3)50(64-58(70)72-5)56(68)66(48)52(39)41)19-15-34-16-20-36(18-14-30)43(25-34)38-22-24-45-47(27-38)63-55(61-45)49-29-40-10-8-12-42-33(4)51(65-59(71)73-6)57(69)67(49)53(40)42/h13,16-17,20-27,30,32-33,39-42,48-53H,7-12,14-15,18-19,28-29H2,1-6H3,(H,60,62)(H,61,63)(H,64,70)(H,65,71)/b17-13-,35-31-/t30-,32?,33?,39-,40-,41?,42?,48-,49-,50+,51+,52+,53+/m0/s1. The van der Waals surface area contributed by atoms with E-state index in [2.05, 4.69) is 125 Å². The minimum Gasteiger partial charge on any atom is -0.453 e. The van der Waals surface area contributed by atoms with Gasteiger partial charge in [0.2, 0.25) is 11.8 Å². The van der Waals surface area contributed by atoms with Crippen LogP contribution < -0.4 is 10.6 Å². The molecule has 4 saturated heterocycles. The minimum atomic E-state index is -0.622. The number of nitrogens with zero attached hydrogens (tertiary/aromatic N) is 4. The van der Waals surface area contributed by atoms with Crippen molar-refractivity contribution in [1.82, 2.24) is 40.4 Å². The maximum absolute atomic E-state index is 14.3. The normalized spacial score (nSPS) is 32.9. The van der Waals surface area contributed by atoms with E-state index in [9.17, 15) is 19.2 Å². The fraction of sp³-hybridized carbons (Fsp3) is 0.525. The Morgan fingerprint density at radius 3 is 1.84 bits per heavy atom. The summed E-state index contributed by atoms with van der Waals surface area (Å²) < 4.78 is 9.90. The maximum Gasteiger partial charge on any atom is 0.407 e. The summed E-state index contributed by atoms with van der Waals surface area (Å²) in [4.78, 5) is 75.3. The molecule has 6 heterocycles. The van der Waals surface area contributed by atoms with Gasteiger partial charge in [0.25, 0.3) is 0 Å². The Morgan fingerprint density at radius 2 is 1.25 bits per heavy atom. The van der Waals surface area contributed by atoms with Crippen molar-refractivity contribution in [3.63, 3.8) is 0 Å². The molecule has 4 unspecified atom stereocenters. The molecule has 0 radical (unpaired) electrons. The third kappa shape index (κ3) is 8.21. The highest BCUT2D eigenvalue weighted by atomic mass is 16.5. The van der Waals surface area contributed by atoms with Gasteiger partial charge in [-0.2, -0.15) is 0 Å². The number of benzene rings is 3. The van der Waals surface area contributed by atoms with Gasteiger partial charge < -0.3 is 39.9 Å². The molecule has 2 aromatic heterocycles. The molecule has 0 spiro atoms. The van der Waals surface area contributed by atoms with Crippen LogP contribution in [0.15, 0.2) is 72.3 Å². The van der Waals surface area contributed by atoms with Crippen LogP contribution in [0.5, 0.6) is 0 Å². The van der Waals surface area contributed by atoms with Crippen molar-refractivity contribution in [2.75, 3.05) is 14.2 Å². The zero-order chi connectivity index (χ0) is 50.4. The van der Waals surface area contributed by atoms with Crippen LogP contribution >= 0.6 is 0 Å². The van der Waals surface area contributed by atoms with E-state index in [1.807, 2.05) is 0 Å². The number of aromatic amines is 2.